The smallest absolute Gasteiger partial charge is 0.323 e. The molecule has 7 heteroatoms. The molecule has 1 unspecified atom stereocenters. The van der Waals surface area contributed by atoms with Gasteiger partial charge in [0.05, 0.1) is 6.61 Å². The summed E-state index contributed by atoms with van der Waals surface area (Å²) in [6, 6.07) is 5.89. The van der Waals surface area contributed by atoms with Crippen LogP contribution in [0.15, 0.2) is 35.3 Å². The van der Waals surface area contributed by atoms with Gasteiger partial charge in [0.25, 0.3) is 5.91 Å². The first-order valence-electron chi connectivity index (χ1n) is 7.57. The third-order valence-electron chi connectivity index (χ3n) is 3.93. The van der Waals surface area contributed by atoms with Crippen LogP contribution < -0.4 is 10.4 Å². The number of likely N-dealkylation sites (tertiary alicyclic amines) is 1. The minimum absolute atomic E-state index is 0.185. The minimum Gasteiger partial charge on any atom is -0.493 e. The number of imidazole rings is 1. The van der Waals surface area contributed by atoms with Crippen molar-refractivity contribution in [1.29, 1.82) is 0 Å². The number of aromatic nitrogens is 2. The van der Waals surface area contributed by atoms with Gasteiger partial charge < -0.3 is 19.6 Å². The number of benzene rings is 1. The summed E-state index contributed by atoms with van der Waals surface area (Å²) in [5.74, 6) is 0.343. The molecule has 0 aliphatic carbocycles. The fraction of sp³-hybridized carbons (Fsp3) is 0.375. The normalized spacial score (nSPS) is 18.0. The van der Waals surface area contributed by atoms with Gasteiger partial charge in [0.15, 0.2) is 0 Å². The van der Waals surface area contributed by atoms with Crippen LogP contribution in [0.25, 0.3) is 0 Å². The maximum Gasteiger partial charge on any atom is 0.323 e. The van der Waals surface area contributed by atoms with Gasteiger partial charge in [0, 0.05) is 25.2 Å². The van der Waals surface area contributed by atoms with E-state index >= 15 is 0 Å². The van der Waals surface area contributed by atoms with E-state index in [2.05, 4.69) is 9.97 Å². The Balaban J connectivity index is 1.56. The number of rotatable bonds is 4. The van der Waals surface area contributed by atoms with Crippen LogP contribution in [0.1, 0.15) is 23.3 Å². The average Bonchev–Trinajstić information content (AvgIpc) is 3.00. The summed E-state index contributed by atoms with van der Waals surface area (Å²) in [5.41, 5.74) is -0.114. The van der Waals surface area contributed by atoms with Gasteiger partial charge in [-0.1, -0.05) is 0 Å². The molecule has 2 aromatic rings. The summed E-state index contributed by atoms with van der Waals surface area (Å²) in [6.07, 6.45) is 3.25. The van der Waals surface area contributed by atoms with E-state index in [0.717, 1.165) is 12.8 Å². The van der Waals surface area contributed by atoms with Crippen molar-refractivity contribution >= 4 is 5.91 Å². The van der Waals surface area contributed by atoms with Crippen LogP contribution in [0.4, 0.5) is 4.39 Å². The SMILES string of the molecule is O=C(c1c[nH]c(=O)[nH]1)N1CCCC(COc2ccc(F)cc2)C1. The lowest BCUT2D eigenvalue weighted by atomic mass is 9.98. The van der Waals surface area contributed by atoms with Crippen LogP contribution in [0.5, 0.6) is 5.75 Å². The molecule has 1 atom stereocenters. The predicted molar refractivity (Wildman–Crippen MR) is 81.9 cm³/mol. The van der Waals surface area contributed by atoms with E-state index in [1.54, 1.807) is 17.0 Å². The van der Waals surface area contributed by atoms with Gasteiger partial charge in [-0.3, -0.25) is 4.79 Å². The number of aromatic amines is 2. The van der Waals surface area contributed by atoms with E-state index in [1.807, 2.05) is 0 Å². The Morgan fingerprint density at radius 3 is 2.83 bits per heavy atom. The van der Waals surface area contributed by atoms with Crippen molar-refractivity contribution in [1.82, 2.24) is 14.9 Å². The fourth-order valence-electron chi connectivity index (χ4n) is 2.75. The van der Waals surface area contributed by atoms with Crippen molar-refractivity contribution in [3.63, 3.8) is 0 Å². The molecule has 2 heterocycles. The number of piperidine rings is 1. The standard InChI is InChI=1S/C16H18FN3O3/c17-12-3-5-13(6-4-12)23-10-11-2-1-7-20(9-11)15(21)14-8-18-16(22)19-14/h3-6,8,11H,1-2,7,9-10H2,(H2,18,19,22). The number of ether oxygens (including phenoxy) is 1. The Hall–Kier alpha value is -2.57. The molecule has 1 fully saturated rings. The van der Waals surface area contributed by atoms with Crippen LogP contribution in [0.2, 0.25) is 0 Å². The minimum atomic E-state index is -0.387. The number of amides is 1. The van der Waals surface area contributed by atoms with E-state index in [-0.39, 0.29) is 29.0 Å². The van der Waals surface area contributed by atoms with Crippen LogP contribution in [0.3, 0.4) is 0 Å². The zero-order valence-corrected chi connectivity index (χ0v) is 12.5. The summed E-state index contributed by atoms with van der Waals surface area (Å²) in [5, 5.41) is 0. The highest BCUT2D eigenvalue weighted by Crippen LogP contribution is 2.20. The number of carbonyl (C=O) groups excluding carboxylic acids is 1. The summed E-state index contributed by atoms with van der Waals surface area (Å²) in [6.45, 7) is 1.71. The maximum atomic E-state index is 12.9. The van der Waals surface area contributed by atoms with Crippen LogP contribution >= 0.6 is 0 Å². The van der Waals surface area contributed by atoms with E-state index in [9.17, 15) is 14.0 Å². The lowest BCUT2D eigenvalue weighted by Crippen LogP contribution is -2.41. The van der Waals surface area contributed by atoms with Crippen molar-refractivity contribution in [3.05, 3.63) is 52.5 Å². The molecule has 1 saturated heterocycles. The Morgan fingerprint density at radius 1 is 1.35 bits per heavy atom. The molecule has 122 valence electrons. The number of hydrogen-bond acceptors (Lipinski definition) is 3. The molecule has 1 aliphatic heterocycles. The third-order valence-corrected chi connectivity index (χ3v) is 3.93. The molecule has 6 nitrogen and oxygen atoms in total. The molecule has 1 amide bonds. The molecule has 0 radical (unpaired) electrons. The number of halogens is 1. The Kier molecular flexibility index (Phi) is 4.45. The van der Waals surface area contributed by atoms with Crippen molar-refractivity contribution in [2.75, 3.05) is 19.7 Å². The quantitative estimate of drug-likeness (QED) is 0.901. The van der Waals surface area contributed by atoms with E-state index in [0.29, 0.717) is 25.4 Å². The number of hydrogen-bond donors (Lipinski definition) is 2. The Bertz CT molecular complexity index is 723. The second kappa shape index (κ2) is 6.68. The predicted octanol–water partition coefficient (Wildman–Crippen LogP) is 1.77. The molecule has 0 saturated carbocycles. The number of nitrogens with zero attached hydrogens (tertiary/aromatic N) is 1. The van der Waals surface area contributed by atoms with Gasteiger partial charge in [-0.2, -0.15) is 0 Å². The summed E-state index contributed by atoms with van der Waals surface area (Å²) in [7, 11) is 0. The lowest BCUT2D eigenvalue weighted by Gasteiger charge is -2.32. The van der Waals surface area contributed by atoms with Gasteiger partial charge in [0.2, 0.25) is 0 Å². The van der Waals surface area contributed by atoms with Crippen molar-refractivity contribution in [3.8, 4) is 5.75 Å². The molecule has 0 bridgehead atoms. The summed E-state index contributed by atoms with van der Waals surface area (Å²) >= 11 is 0. The van der Waals surface area contributed by atoms with Gasteiger partial charge in [-0.25, -0.2) is 9.18 Å². The van der Waals surface area contributed by atoms with Gasteiger partial charge in [-0.05, 0) is 37.1 Å². The highest BCUT2D eigenvalue weighted by atomic mass is 19.1. The molecule has 0 spiro atoms. The maximum absolute atomic E-state index is 12.9. The molecule has 1 aliphatic rings. The topological polar surface area (TPSA) is 78.2 Å². The third kappa shape index (κ3) is 3.80. The van der Waals surface area contributed by atoms with Crippen LogP contribution in [-0.4, -0.2) is 40.5 Å². The number of nitrogens with one attached hydrogen (secondary N) is 2. The van der Waals surface area contributed by atoms with Crippen LogP contribution in [-0.2, 0) is 0 Å². The van der Waals surface area contributed by atoms with Gasteiger partial charge in [0.1, 0.15) is 17.3 Å². The zero-order valence-electron chi connectivity index (χ0n) is 12.5. The van der Waals surface area contributed by atoms with Crippen molar-refractivity contribution in [2.24, 2.45) is 5.92 Å². The molecular formula is C16H18FN3O3. The van der Waals surface area contributed by atoms with Gasteiger partial charge >= 0.3 is 5.69 Å². The first-order chi connectivity index (χ1) is 11.1. The van der Waals surface area contributed by atoms with E-state index in [1.165, 1.54) is 18.3 Å². The Morgan fingerprint density at radius 2 is 2.13 bits per heavy atom. The first kappa shape index (κ1) is 15.3. The molecule has 23 heavy (non-hydrogen) atoms. The molecule has 1 aromatic heterocycles. The fourth-order valence-corrected chi connectivity index (χ4v) is 2.75. The molecule has 3 rings (SSSR count). The summed E-state index contributed by atoms with van der Waals surface area (Å²) in [4.78, 5) is 30.1. The highest BCUT2D eigenvalue weighted by molar-refractivity contribution is 5.92. The largest absolute Gasteiger partial charge is 0.493 e. The second-order valence-corrected chi connectivity index (χ2v) is 5.68. The first-order valence-corrected chi connectivity index (χ1v) is 7.57. The molecular weight excluding hydrogens is 301 g/mol. The van der Waals surface area contributed by atoms with Crippen molar-refractivity contribution in [2.45, 2.75) is 12.8 Å². The summed E-state index contributed by atoms with van der Waals surface area (Å²) < 4.78 is 18.5. The van der Waals surface area contributed by atoms with Crippen molar-refractivity contribution < 1.29 is 13.9 Å². The van der Waals surface area contributed by atoms with Gasteiger partial charge in [-0.15, -0.1) is 0 Å². The Labute approximate surface area is 132 Å². The molecule has 1 aromatic carbocycles. The second-order valence-electron chi connectivity index (χ2n) is 5.68. The number of H-pyrrole nitrogens is 2. The van der Waals surface area contributed by atoms with E-state index < -0.39 is 0 Å². The van der Waals surface area contributed by atoms with Crippen LogP contribution in [0, 0.1) is 11.7 Å². The highest BCUT2D eigenvalue weighted by Gasteiger charge is 2.25. The monoisotopic (exact) mass is 319 g/mol. The van der Waals surface area contributed by atoms with E-state index in [4.69, 9.17) is 4.74 Å². The zero-order chi connectivity index (χ0) is 16.2. The average molecular weight is 319 g/mol. The molecule has 2 N–H and O–H groups in total. The lowest BCUT2D eigenvalue weighted by molar-refractivity contribution is 0.0628. The number of carbonyl (C=O) groups is 1.